The first-order valence-electron chi connectivity index (χ1n) is 7.74. The van der Waals surface area contributed by atoms with Gasteiger partial charge in [-0.3, -0.25) is 0 Å². The lowest BCUT2D eigenvalue weighted by molar-refractivity contribution is -0.140. The van der Waals surface area contributed by atoms with E-state index in [2.05, 4.69) is 5.32 Å². The van der Waals surface area contributed by atoms with Crippen molar-refractivity contribution in [2.45, 2.75) is 31.6 Å². The third-order valence-corrected chi connectivity index (χ3v) is 4.23. The van der Waals surface area contributed by atoms with Gasteiger partial charge in [-0.25, -0.2) is 9.18 Å². The maximum absolute atomic E-state index is 13.9. The van der Waals surface area contributed by atoms with E-state index in [9.17, 15) is 22.4 Å². The molecule has 1 N–H and O–H groups in total. The molecule has 134 valence electrons. The first kappa shape index (κ1) is 18.5. The van der Waals surface area contributed by atoms with E-state index in [1.807, 2.05) is 19.0 Å². The van der Waals surface area contributed by atoms with Crippen molar-refractivity contribution in [1.82, 2.24) is 15.1 Å². The topological polar surface area (TPSA) is 35.6 Å². The maximum Gasteiger partial charge on any atom is 0.419 e. The zero-order valence-corrected chi connectivity index (χ0v) is 13.7. The molecule has 0 bridgehead atoms. The van der Waals surface area contributed by atoms with Gasteiger partial charge in [0.15, 0.2) is 0 Å². The van der Waals surface area contributed by atoms with Crippen LogP contribution in [0.4, 0.5) is 22.4 Å². The largest absolute Gasteiger partial charge is 0.419 e. The molecule has 1 aromatic carbocycles. The van der Waals surface area contributed by atoms with Crippen LogP contribution in [0.3, 0.4) is 0 Å². The summed E-state index contributed by atoms with van der Waals surface area (Å²) in [7, 11) is 3.87. The molecule has 4 nitrogen and oxygen atoms in total. The van der Waals surface area contributed by atoms with Crippen molar-refractivity contribution in [2.75, 3.05) is 27.2 Å². The van der Waals surface area contributed by atoms with Gasteiger partial charge in [-0.15, -0.1) is 0 Å². The van der Waals surface area contributed by atoms with Crippen molar-refractivity contribution < 1.29 is 22.4 Å². The molecule has 1 atom stereocenters. The second-order valence-corrected chi connectivity index (χ2v) is 6.14. The van der Waals surface area contributed by atoms with Crippen molar-refractivity contribution in [1.29, 1.82) is 0 Å². The van der Waals surface area contributed by atoms with Crippen LogP contribution in [0.15, 0.2) is 18.2 Å². The summed E-state index contributed by atoms with van der Waals surface area (Å²) in [5.74, 6) is -1.34. The Morgan fingerprint density at radius 3 is 2.71 bits per heavy atom. The van der Waals surface area contributed by atoms with Gasteiger partial charge < -0.3 is 15.1 Å². The number of hydrogen-bond donors (Lipinski definition) is 1. The summed E-state index contributed by atoms with van der Waals surface area (Å²) >= 11 is 0. The Morgan fingerprint density at radius 2 is 2.08 bits per heavy atom. The average molecular weight is 347 g/mol. The van der Waals surface area contributed by atoms with Gasteiger partial charge in [-0.2, -0.15) is 13.2 Å². The number of nitrogens with zero attached hydrogens (tertiary/aromatic N) is 2. The van der Waals surface area contributed by atoms with E-state index >= 15 is 0 Å². The Morgan fingerprint density at radius 1 is 1.38 bits per heavy atom. The number of nitrogens with one attached hydrogen (secondary N) is 1. The van der Waals surface area contributed by atoms with Crippen molar-refractivity contribution >= 4 is 6.03 Å². The van der Waals surface area contributed by atoms with Gasteiger partial charge in [0.25, 0.3) is 0 Å². The second kappa shape index (κ2) is 7.38. The van der Waals surface area contributed by atoms with Crippen LogP contribution in [0.25, 0.3) is 0 Å². The number of carbonyl (C=O) groups is 1. The lowest BCUT2D eigenvalue weighted by atomic mass is 10.1. The summed E-state index contributed by atoms with van der Waals surface area (Å²) in [5.41, 5.74) is -1.50. The molecule has 2 amide bonds. The first-order chi connectivity index (χ1) is 11.2. The molecular formula is C16H21F4N3O. The number of urea groups is 1. The van der Waals surface area contributed by atoms with E-state index < -0.39 is 23.6 Å². The molecule has 0 unspecified atom stereocenters. The molecule has 8 heteroatoms. The number of piperidine rings is 1. The number of alkyl halides is 3. The smallest absolute Gasteiger partial charge is 0.334 e. The summed E-state index contributed by atoms with van der Waals surface area (Å²) < 4.78 is 52.0. The highest BCUT2D eigenvalue weighted by atomic mass is 19.4. The number of likely N-dealkylation sites (tertiary alicyclic amines) is 1. The minimum absolute atomic E-state index is 0.181. The second-order valence-electron chi connectivity index (χ2n) is 6.14. The quantitative estimate of drug-likeness (QED) is 0.853. The van der Waals surface area contributed by atoms with Crippen LogP contribution in [0.1, 0.15) is 24.0 Å². The van der Waals surface area contributed by atoms with Crippen molar-refractivity contribution in [2.24, 2.45) is 0 Å². The zero-order valence-electron chi connectivity index (χ0n) is 13.7. The summed E-state index contributed by atoms with van der Waals surface area (Å²) in [5, 5.41) is 2.51. The molecular weight excluding hydrogens is 326 g/mol. The van der Waals surface area contributed by atoms with Gasteiger partial charge in [-0.1, -0.05) is 12.1 Å². The lowest BCUT2D eigenvalue weighted by Gasteiger charge is -2.36. The molecule has 0 saturated carbocycles. The van der Waals surface area contributed by atoms with Crippen LogP contribution in [0.2, 0.25) is 0 Å². The van der Waals surface area contributed by atoms with Crippen LogP contribution >= 0.6 is 0 Å². The summed E-state index contributed by atoms with van der Waals surface area (Å²) in [6.07, 6.45) is -2.91. The van der Waals surface area contributed by atoms with Crippen molar-refractivity contribution in [3.05, 3.63) is 35.1 Å². The van der Waals surface area contributed by atoms with Crippen LogP contribution in [-0.2, 0) is 12.7 Å². The third kappa shape index (κ3) is 4.37. The number of halogens is 4. The van der Waals surface area contributed by atoms with E-state index in [0.717, 1.165) is 18.9 Å². The summed E-state index contributed by atoms with van der Waals surface area (Å²) in [6.45, 7) is 0.850. The summed E-state index contributed by atoms with van der Waals surface area (Å²) in [4.78, 5) is 15.8. The fraction of sp³-hybridized carbons (Fsp3) is 0.562. The average Bonchev–Trinajstić information content (AvgIpc) is 2.52. The number of carbonyl (C=O) groups excluding carboxylic acids is 1. The number of amides is 2. The van der Waals surface area contributed by atoms with Crippen LogP contribution < -0.4 is 5.32 Å². The van der Waals surface area contributed by atoms with Crippen molar-refractivity contribution in [3.63, 3.8) is 0 Å². The van der Waals surface area contributed by atoms with E-state index in [0.29, 0.717) is 19.2 Å². The Labute approximate surface area is 138 Å². The fourth-order valence-corrected chi connectivity index (χ4v) is 2.78. The predicted molar refractivity (Wildman–Crippen MR) is 81.9 cm³/mol. The first-order valence-corrected chi connectivity index (χ1v) is 7.74. The normalized spacial score (nSPS) is 18.8. The molecule has 0 aromatic heterocycles. The minimum atomic E-state index is -4.75. The summed E-state index contributed by atoms with van der Waals surface area (Å²) in [6, 6.07) is 2.92. The SMILES string of the molecule is CN(C)[C@H]1CCCN(C(=O)NCc2cccc(C(F)(F)F)c2F)C1. The van der Waals surface area contributed by atoms with Crippen LogP contribution in [0, 0.1) is 5.82 Å². The molecule has 1 aromatic rings. The Kier molecular flexibility index (Phi) is 5.69. The zero-order chi connectivity index (χ0) is 17.9. The molecule has 2 rings (SSSR count). The van der Waals surface area contributed by atoms with E-state index in [1.54, 1.807) is 4.90 Å². The Hall–Kier alpha value is -1.83. The highest BCUT2D eigenvalue weighted by molar-refractivity contribution is 5.74. The maximum atomic E-state index is 13.9. The third-order valence-electron chi connectivity index (χ3n) is 4.23. The lowest BCUT2D eigenvalue weighted by Crippen LogP contribution is -2.50. The Balaban J connectivity index is 1.99. The van der Waals surface area contributed by atoms with Crippen LogP contribution in [-0.4, -0.2) is 49.1 Å². The van der Waals surface area contributed by atoms with E-state index in [4.69, 9.17) is 0 Å². The number of likely N-dealkylation sites (N-methyl/N-ethyl adjacent to an activating group) is 1. The molecule has 1 heterocycles. The molecule has 1 saturated heterocycles. The molecule has 0 spiro atoms. The van der Waals surface area contributed by atoms with Crippen LogP contribution in [0.5, 0.6) is 0 Å². The van der Waals surface area contributed by atoms with Gasteiger partial charge in [-0.05, 0) is 33.0 Å². The number of benzene rings is 1. The van der Waals surface area contributed by atoms with Gasteiger partial charge in [0, 0.05) is 31.2 Å². The molecule has 0 radical (unpaired) electrons. The molecule has 24 heavy (non-hydrogen) atoms. The predicted octanol–water partition coefficient (Wildman–Crippen LogP) is 3.08. The van der Waals surface area contributed by atoms with Gasteiger partial charge in [0.05, 0.1) is 5.56 Å². The minimum Gasteiger partial charge on any atom is -0.334 e. The highest BCUT2D eigenvalue weighted by Crippen LogP contribution is 2.32. The molecule has 0 aliphatic carbocycles. The van der Waals surface area contributed by atoms with Gasteiger partial charge in [0.2, 0.25) is 0 Å². The van der Waals surface area contributed by atoms with Gasteiger partial charge >= 0.3 is 12.2 Å². The number of hydrogen-bond acceptors (Lipinski definition) is 2. The molecule has 1 aliphatic heterocycles. The van der Waals surface area contributed by atoms with E-state index in [-0.39, 0.29) is 18.2 Å². The Bertz CT molecular complexity index is 589. The van der Waals surface area contributed by atoms with Gasteiger partial charge in [0.1, 0.15) is 5.82 Å². The standard InChI is InChI=1S/C16H21F4N3O/c1-22(2)12-6-4-8-23(10-12)15(24)21-9-11-5-3-7-13(14(11)17)16(18,19)20/h3,5,7,12H,4,6,8-10H2,1-2H3,(H,21,24)/t12-/m0/s1. The fourth-order valence-electron chi connectivity index (χ4n) is 2.78. The molecule has 1 fully saturated rings. The van der Waals surface area contributed by atoms with Crippen molar-refractivity contribution in [3.8, 4) is 0 Å². The molecule has 1 aliphatic rings. The van der Waals surface area contributed by atoms with E-state index in [1.165, 1.54) is 6.07 Å². The number of rotatable bonds is 3. The monoisotopic (exact) mass is 347 g/mol. The highest BCUT2D eigenvalue weighted by Gasteiger charge is 2.34.